The first-order chi connectivity index (χ1) is 13.0. The second-order valence-corrected chi connectivity index (χ2v) is 7.55. The van der Waals surface area contributed by atoms with Crippen molar-refractivity contribution in [3.05, 3.63) is 41.9 Å². The lowest BCUT2D eigenvalue weighted by molar-refractivity contribution is -0.133. The van der Waals surface area contributed by atoms with Crippen LogP contribution in [0, 0.1) is 17.0 Å². The second kappa shape index (κ2) is 9.87. The van der Waals surface area contributed by atoms with Crippen LogP contribution in [0.25, 0.3) is 11.3 Å². The van der Waals surface area contributed by atoms with E-state index in [1.54, 1.807) is 0 Å². The Labute approximate surface area is 181 Å². The van der Waals surface area contributed by atoms with Crippen LogP contribution < -0.4 is 5.32 Å². The summed E-state index contributed by atoms with van der Waals surface area (Å²) in [6, 6.07) is 3.30. The minimum atomic E-state index is -0.697. The van der Waals surface area contributed by atoms with Crippen molar-refractivity contribution in [2.75, 3.05) is 26.2 Å². The Kier molecular flexibility index (Phi) is 8.02. The highest BCUT2D eigenvalue weighted by atomic mass is 35.5. The van der Waals surface area contributed by atoms with Gasteiger partial charge in [-0.1, -0.05) is 0 Å². The molecule has 2 aliphatic rings. The molecule has 1 N–H and O–H groups in total. The predicted molar refractivity (Wildman–Crippen MR) is 110 cm³/mol. The van der Waals surface area contributed by atoms with E-state index in [0.29, 0.717) is 24.1 Å². The van der Waals surface area contributed by atoms with Gasteiger partial charge in [-0.15, -0.1) is 24.8 Å². The van der Waals surface area contributed by atoms with Crippen molar-refractivity contribution in [3.8, 4) is 11.3 Å². The van der Waals surface area contributed by atoms with Gasteiger partial charge in [0.05, 0.1) is 11.8 Å². The topological polar surface area (TPSA) is 58.4 Å². The Bertz CT molecular complexity index is 831. The van der Waals surface area contributed by atoms with E-state index < -0.39 is 11.6 Å². The van der Waals surface area contributed by atoms with Crippen LogP contribution >= 0.6 is 24.8 Å². The summed E-state index contributed by atoms with van der Waals surface area (Å²) in [6.45, 7) is 3.75. The number of aryl methyl sites for hydroxylation is 1. The maximum atomic E-state index is 13.8. The number of hydrogen-bond acceptors (Lipinski definition) is 4. The largest absolute Gasteiger partial charge is 0.441 e. The summed E-state index contributed by atoms with van der Waals surface area (Å²) in [5.41, 5.74) is 0.543. The van der Waals surface area contributed by atoms with Crippen LogP contribution in [0.3, 0.4) is 0 Å². The molecule has 0 atom stereocenters. The van der Waals surface area contributed by atoms with Gasteiger partial charge in [-0.25, -0.2) is 13.8 Å². The van der Waals surface area contributed by atoms with E-state index in [1.165, 1.54) is 24.8 Å². The van der Waals surface area contributed by atoms with Gasteiger partial charge in [0.15, 0.2) is 11.7 Å². The number of amides is 1. The van der Waals surface area contributed by atoms with Crippen molar-refractivity contribution >= 4 is 30.7 Å². The minimum Gasteiger partial charge on any atom is -0.441 e. The van der Waals surface area contributed by atoms with Crippen LogP contribution in [0.5, 0.6) is 0 Å². The summed E-state index contributed by atoms with van der Waals surface area (Å²) in [7, 11) is 0. The number of aromatic nitrogens is 1. The summed E-state index contributed by atoms with van der Waals surface area (Å²) in [6.07, 6.45) is 5.40. The molecule has 0 radical (unpaired) electrons. The quantitative estimate of drug-likeness (QED) is 0.769. The molecule has 29 heavy (non-hydrogen) atoms. The monoisotopic (exact) mass is 447 g/mol. The molecule has 0 aliphatic carbocycles. The number of oxazole rings is 1. The molecule has 1 aromatic carbocycles. The van der Waals surface area contributed by atoms with Crippen molar-refractivity contribution in [2.24, 2.45) is 5.41 Å². The summed E-state index contributed by atoms with van der Waals surface area (Å²) in [4.78, 5) is 18.5. The zero-order chi connectivity index (χ0) is 18.9. The molecule has 2 saturated heterocycles. The van der Waals surface area contributed by atoms with E-state index in [2.05, 4.69) is 10.3 Å². The van der Waals surface area contributed by atoms with E-state index in [4.69, 9.17) is 4.42 Å². The maximum absolute atomic E-state index is 13.8. The predicted octanol–water partition coefficient (Wildman–Crippen LogP) is 4.00. The molecule has 160 valence electrons. The standard InChI is InChI=1S/C20H23F2N3O2.2ClH/c21-14-1-2-15(16(22)11-14)17-12-24-18(27-17)3-4-19(26)25-9-6-20(7-10-25)5-8-23-13-20;;/h1-2,11-12,23H,3-10,13H2;2*1H. The van der Waals surface area contributed by atoms with Crippen LogP contribution in [-0.2, 0) is 11.2 Å². The van der Waals surface area contributed by atoms with E-state index >= 15 is 0 Å². The van der Waals surface area contributed by atoms with Gasteiger partial charge >= 0.3 is 0 Å². The molecular weight excluding hydrogens is 423 g/mol. The Morgan fingerprint density at radius 2 is 1.97 bits per heavy atom. The third-order valence-corrected chi connectivity index (χ3v) is 5.81. The normalized spacial score (nSPS) is 17.7. The zero-order valence-electron chi connectivity index (χ0n) is 16.0. The number of rotatable bonds is 4. The van der Waals surface area contributed by atoms with Gasteiger partial charge in [-0.2, -0.15) is 0 Å². The van der Waals surface area contributed by atoms with Gasteiger partial charge in [-0.3, -0.25) is 4.79 Å². The number of carbonyl (C=O) groups is 1. The van der Waals surface area contributed by atoms with Gasteiger partial charge in [0.2, 0.25) is 5.91 Å². The lowest BCUT2D eigenvalue weighted by atomic mass is 9.78. The van der Waals surface area contributed by atoms with Crippen LogP contribution in [0.4, 0.5) is 8.78 Å². The summed E-state index contributed by atoms with van der Waals surface area (Å²) in [5, 5.41) is 3.42. The Balaban J connectivity index is 0.00000150. The molecule has 0 bridgehead atoms. The van der Waals surface area contributed by atoms with Crippen LogP contribution in [0.15, 0.2) is 28.8 Å². The molecular formula is C20H25Cl2F2N3O2. The van der Waals surface area contributed by atoms with Crippen molar-refractivity contribution in [2.45, 2.75) is 32.1 Å². The average molecular weight is 448 g/mol. The molecule has 1 amide bonds. The highest BCUT2D eigenvalue weighted by Gasteiger charge is 2.37. The van der Waals surface area contributed by atoms with Crippen molar-refractivity contribution in [1.29, 1.82) is 0 Å². The molecule has 1 spiro atoms. The lowest BCUT2D eigenvalue weighted by Crippen LogP contribution is -2.44. The number of benzene rings is 1. The highest BCUT2D eigenvalue weighted by molar-refractivity contribution is 5.85. The minimum absolute atomic E-state index is 0. The van der Waals surface area contributed by atoms with Gasteiger partial charge in [0, 0.05) is 38.5 Å². The van der Waals surface area contributed by atoms with Gasteiger partial charge < -0.3 is 14.6 Å². The van der Waals surface area contributed by atoms with E-state index in [-0.39, 0.29) is 42.0 Å². The molecule has 1 aromatic heterocycles. The van der Waals surface area contributed by atoms with Crippen molar-refractivity contribution in [3.63, 3.8) is 0 Å². The highest BCUT2D eigenvalue weighted by Crippen LogP contribution is 2.37. The van der Waals surface area contributed by atoms with Crippen LogP contribution in [0.2, 0.25) is 0 Å². The van der Waals surface area contributed by atoms with E-state index in [0.717, 1.165) is 45.1 Å². The number of nitrogens with one attached hydrogen (secondary N) is 1. The first-order valence-electron chi connectivity index (χ1n) is 9.43. The third-order valence-electron chi connectivity index (χ3n) is 5.81. The molecule has 4 rings (SSSR count). The number of carbonyl (C=O) groups excluding carboxylic acids is 1. The number of nitrogens with zero attached hydrogens (tertiary/aromatic N) is 2. The van der Waals surface area contributed by atoms with Gasteiger partial charge in [0.25, 0.3) is 0 Å². The summed E-state index contributed by atoms with van der Waals surface area (Å²) in [5.74, 6) is -0.613. The lowest BCUT2D eigenvalue weighted by Gasteiger charge is -2.38. The maximum Gasteiger partial charge on any atom is 0.223 e. The molecule has 0 saturated carbocycles. The molecule has 2 fully saturated rings. The Hall–Kier alpha value is -1.70. The molecule has 3 heterocycles. The fourth-order valence-electron chi connectivity index (χ4n) is 4.06. The van der Waals surface area contributed by atoms with Gasteiger partial charge in [-0.05, 0) is 43.4 Å². The molecule has 2 aromatic rings. The molecule has 5 nitrogen and oxygen atoms in total. The molecule has 9 heteroatoms. The van der Waals surface area contributed by atoms with Gasteiger partial charge in [0.1, 0.15) is 11.6 Å². The third kappa shape index (κ3) is 5.27. The number of hydrogen-bond donors (Lipinski definition) is 1. The SMILES string of the molecule is Cl.Cl.O=C(CCc1ncc(-c2ccc(F)cc2F)o1)N1CCC2(CCNC2)CC1. The number of likely N-dealkylation sites (tertiary alicyclic amines) is 1. The summed E-state index contributed by atoms with van der Waals surface area (Å²) < 4.78 is 32.4. The van der Waals surface area contributed by atoms with Crippen molar-refractivity contribution < 1.29 is 18.0 Å². The number of halogens is 4. The second-order valence-electron chi connectivity index (χ2n) is 7.55. The van der Waals surface area contributed by atoms with Crippen LogP contribution in [0.1, 0.15) is 31.6 Å². The molecule has 2 aliphatic heterocycles. The molecule has 0 unspecified atom stereocenters. The Morgan fingerprint density at radius 1 is 1.21 bits per heavy atom. The van der Waals surface area contributed by atoms with E-state index in [9.17, 15) is 13.6 Å². The first-order valence-corrected chi connectivity index (χ1v) is 9.43. The summed E-state index contributed by atoms with van der Waals surface area (Å²) >= 11 is 0. The first kappa shape index (κ1) is 23.6. The fourth-order valence-corrected chi connectivity index (χ4v) is 4.06. The van der Waals surface area contributed by atoms with Crippen molar-refractivity contribution in [1.82, 2.24) is 15.2 Å². The van der Waals surface area contributed by atoms with E-state index in [1.807, 2.05) is 4.90 Å². The van der Waals surface area contributed by atoms with Crippen LogP contribution in [-0.4, -0.2) is 42.0 Å². The fraction of sp³-hybridized carbons (Fsp3) is 0.500. The smallest absolute Gasteiger partial charge is 0.223 e. The number of piperidine rings is 1. The Morgan fingerprint density at radius 3 is 2.62 bits per heavy atom. The zero-order valence-corrected chi connectivity index (χ0v) is 17.6. The average Bonchev–Trinajstić information content (AvgIpc) is 3.30.